The lowest BCUT2D eigenvalue weighted by molar-refractivity contribution is -0.114. The highest BCUT2D eigenvalue weighted by atomic mass is 32.2. The van der Waals surface area contributed by atoms with Crippen molar-refractivity contribution in [1.82, 2.24) is 0 Å². The number of benzene rings is 3. The zero-order chi connectivity index (χ0) is 25.8. The van der Waals surface area contributed by atoms with Gasteiger partial charge in [0.25, 0.3) is 5.91 Å². The fourth-order valence-corrected chi connectivity index (χ4v) is 4.47. The number of sulfonamides is 1. The van der Waals surface area contributed by atoms with Crippen molar-refractivity contribution in [2.45, 2.75) is 33.1 Å². The highest BCUT2D eigenvalue weighted by Crippen LogP contribution is 2.24. The third-order valence-electron chi connectivity index (χ3n) is 5.49. The van der Waals surface area contributed by atoms with Crippen molar-refractivity contribution in [3.8, 4) is 0 Å². The van der Waals surface area contributed by atoms with Crippen LogP contribution in [0.5, 0.6) is 0 Å². The SMILES string of the molecule is Cc1ccccc1N(CC(=O)Nc1cccc(NC(=O)c2ccc(C(C)(C)C)cc2)c1)S(C)(=O)=O. The lowest BCUT2D eigenvalue weighted by atomic mass is 9.87. The van der Waals surface area contributed by atoms with Crippen LogP contribution in [0.2, 0.25) is 0 Å². The van der Waals surface area contributed by atoms with Crippen molar-refractivity contribution in [2.24, 2.45) is 0 Å². The van der Waals surface area contributed by atoms with E-state index in [0.29, 0.717) is 22.6 Å². The van der Waals surface area contributed by atoms with Crippen molar-refractivity contribution in [3.05, 3.63) is 89.5 Å². The molecule has 0 spiro atoms. The second-order valence-electron chi connectivity index (χ2n) is 9.47. The Morgan fingerprint density at radius 1 is 0.857 bits per heavy atom. The van der Waals surface area contributed by atoms with Gasteiger partial charge < -0.3 is 10.6 Å². The highest BCUT2D eigenvalue weighted by Gasteiger charge is 2.22. The molecule has 0 radical (unpaired) electrons. The summed E-state index contributed by atoms with van der Waals surface area (Å²) in [4.78, 5) is 25.4. The Bertz CT molecular complexity index is 1330. The molecule has 35 heavy (non-hydrogen) atoms. The average molecular weight is 494 g/mol. The van der Waals surface area contributed by atoms with Gasteiger partial charge in [-0.2, -0.15) is 0 Å². The van der Waals surface area contributed by atoms with E-state index in [0.717, 1.165) is 21.7 Å². The number of carbonyl (C=O) groups is 2. The van der Waals surface area contributed by atoms with Gasteiger partial charge in [0.2, 0.25) is 15.9 Å². The molecule has 2 amide bonds. The first-order valence-corrected chi connectivity index (χ1v) is 13.0. The lowest BCUT2D eigenvalue weighted by Gasteiger charge is -2.23. The van der Waals surface area contributed by atoms with E-state index in [1.54, 1.807) is 67.6 Å². The monoisotopic (exact) mass is 493 g/mol. The third kappa shape index (κ3) is 6.93. The molecule has 0 aliphatic rings. The first kappa shape index (κ1) is 26.0. The van der Waals surface area contributed by atoms with E-state index in [2.05, 4.69) is 31.4 Å². The standard InChI is InChI=1S/C27H31N3O4S/c1-19-9-6-7-12-24(19)30(35(5,33)34)18-25(31)28-22-10-8-11-23(17-22)29-26(32)20-13-15-21(16-14-20)27(2,3)4/h6-17H,18H2,1-5H3,(H,28,31)(H,29,32). The molecule has 0 atom stereocenters. The first-order valence-electron chi connectivity index (χ1n) is 11.2. The van der Waals surface area contributed by atoms with Crippen molar-refractivity contribution in [3.63, 3.8) is 0 Å². The maximum Gasteiger partial charge on any atom is 0.255 e. The maximum atomic E-state index is 12.7. The van der Waals surface area contributed by atoms with Gasteiger partial charge in [0.05, 0.1) is 11.9 Å². The van der Waals surface area contributed by atoms with Crippen molar-refractivity contribution >= 4 is 38.9 Å². The maximum absolute atomic E-state index is 12.7. The van der Waals surface area contributed by atoms with Gasteiger partial charge in [-0.25, -0.2) is 8.42 Å². The number of amides is 2. The highest BCUT2D eigenvalue weighted by molar-refractivity contribution is 7.92. The number of anilines is 3. The van der Waals surface area contributed by atoms with Crippen LogP contribution in [0.15, 0.2) is 72.8 Å². The van der Waals surface area contributed by atoms with E-state index in [1.807, 2.05) is 12.1 Å². The number of aryl methyl sites for hydroxylation is 1. The van der Waals surface area contributed by atoms with Crippen LogP contribution in [0.25, 0.3) is 0 Å². The van der Waals surface area contributed by atoms with Crippen LogP contribution in [0, 0.1) is 6.92 Å². The number of para-hydroxylation sites is 1. The van der Waals surface area contributed by atoms with Gasteiger partial charge >= 0.3 is 0 Å². The fraction of sp³-hybridized carbons (Fsp3) is 0.259. The van der Waals surface area contributed by atoms with E-state index < -0.39 is 15.9 Å². The zero-order valence-electron chi connectivity index (χ0n) is 20.6. The van der Waals surface area contributed by atoms with Crippen LogP contribution >= 0.6 is 0 Å². The molecule has 0 aromatic heterocycles. The summed E-state index contributed by atoms with van der Waals surface area (Å²) in [6, 6.07) is 21.1. The Balaban J connectivity index is 1.70. The molecule has 0 saturated carbocycles. The van der Waals surface area contributed by atoms with Crippen molar-refractivity contribution in [1.29, 1.82) is 0 Å². The van der Waals surface area contributed by atoms with Gasteiger partial charge in [-0.1, -0.05) is 57.2 Å². The van der Waals surface area contributed by atoms with Crippen LogP contribution in [-0.2, 0) is 20.2 Å². The summed E-state index contributed by atoms with van der Waals surface area (Å²) in [6.45, 7) is 7.74. The Morgan fingerprint density at radius 2 is 1.46 bits per heavy atom. The molecule has 8 heteroatoms. The van der Waals surface area contributed by atoms with Gasteiger partial charge in [0.1, 0.15) is 6.54 Å². The van der Waals surface area contributed by atoms with Gasteiger partial charge in [-0.15, -0.1) is 0 Å². The Labute approximate surface area is 207 Å². The van der Waals surface area contributed by atoms with Crippen LogP contribution in [0.4, 0.5) is 17.1 Å². The van der Waals surface area contributed by atoms with Crippen LogP contribution in [-0.4, -0.2) is 33.0 Å². The molecule has 0 heterocycles. The topological polar surface area (TPSA) is 95.6 Å². The van der Waals surface area contributed by atoms with E-state index in [1.165, 1.54) is 0 Å². The van der Waals surface area contributed by atoms with E-state index >= 15 is 0 Å². The Kier molecular flexibility index (Phi) is 7.65. The summed E-state index contributed by atoms with van der Waals surface area (Å²) in [5, 5.41) is 5.55. The summed E-state index contributed by atoms with van der Waals surface area (Å²) >= 11 is 0. The second kappa shape index (κ2) is 10.3. The predicted octanol–water partition coefficient (Wildman–Crippen LogP) is 4.95. The van der Waals surface area contributed by atoms with Gasteiger partial charge in [-0.3, -0.25) is 13.9 Å². The van der Waals surface area contributed by atoms with Crippen LogP contribution in [0.3, 0.4) is 0 Å². The molecule has 3 aromatic rings. The molecule has 3 aromatic carbocycles. The smallest absolute Gasteiger partial charge is 0.255 e. The first-order chi connectivity index (χ1) is 16.3. The molecule has 0 unspecified atom stereocenters. The lowest BCUT2D eigenvalue weighted by Crippen LogP contribution is -2.37. The third-order valence-corrected chi connectivity index (χ3v) is 6.62. The molecule has 0 bridgehead atoms. The molecular weight excluding hydrogens is 462 g/mol. The normalized spacial score (nSPS) is 11.6. The molecular formula is C27H31N3O4S. The number of hydrogen-bond donors (Lipinski definition) is 2. The predicted molar refractivity (Wildman–Crippen MR) is 142 cm³/mol. The quantitative estimate of drug-likeness (QED) is 0.487. The molecule has 0 fully saturated rings. The summed E-state index contributed by atoms with van der Waals surface area (Å²) in [5.74, 6) is -0.767. The van der Waals surface area contributed by atoms with E-state index in [-0.39, 0.29) is 17.9 Å². The minimum atomic E-state index is -3.68. The van der Waals surface area contributed by atoms with E-state index in [4.69, 9.17) is 0 Å². The Morgan fingerprint density at radius 3 is 2.03 bits per heavy atom. The summed E-state index contributed by atoms with van der Waals surface area (Å²) in [7, 11) is -3.68. The molecule has 0 aliphatic carbocycles. The van der Waals surface area contributed by atoms with Gasteiger partial charge in [0.15, 0.2) is 0 Å². The summed E-state index contributed by atoms with van der Waals surface area (Å²) in [5.41, 5.74) is 3.78. The van der Waals surface area contributed by atoms with Gasteiger partial charge in [-0.05, 0) is 59.9 Å². The van der Waals surface area contributed by atoms with Gasteiger partial charge in [0, 0.05) is 16.9 Å². The van der Waals surface area contributed by atoms with Crippen LogP contribution in [0.1, 0.15) is 42.3 Å². The largest absolute Gasteiger partial charge is 0.324 e. The number of hydrogen-bond acceptors (Lipinski definition) is 4. The Hall–Kier alpha value is -3.65. The number of nitrogens with zero attached hydrogens (tertiary/aromatic N) is 1. The minimum absolute atomic E-state index is 0.00651. The average Bonchev–Trinajstić information content (AvgIpc) is 2.77. The molecule has 7 nitrogen and oxygen atoms in total. The summed E-state index contributed by atoms with van der Waals surface area (Å²) < 4.78 is 25.8. The summed E-state index contributed by atoms with van der Waals surface area (Å²) in [6.07, 6.45) is 1.07. The van der Waals surface area contributed by atoms with Crippen molar-refractivity contribution < 1.29 is 18.0 Å². The molecule has 0 saturated heterocycles. The molecule has 184 valence electrons. The molecule has 2 N–H and O–H groups in total. The van der Waals surface area contributed by atoms with E-state index in [9.17, 15) is 18.0 Å². The number of nitrogens with one attached hydrogen (secondary N) is 2. The molecule has 0 aliphatic heterocycles. The number of rotatable bonds is 7. The number of carbonyl (C=O) groups excluding carboxylic acids is 2. The second-order valence-corrected chi connectivity index (χ2v) is 11.4. The molecule has 3 rings (SSSR count). The van der Waals surface area contributed by atoms with Crippen molar-refractivity contribution in [2.75, 3.05) is 27.7 Å². The van der Waals surface area contributed by atoms with Crippen LogP contribution < -0.4 is 14.9 Å². The fourth-order valence-electron chi connectivity index (χ4n) is 3.55. The zero-order valence-corrected chi connectivity index (χ0v) is 21.4. The minimum Gasteiger partial charge on any atom is -0.324 e.